The molecule has 110 valence electrons. The van der Waals surface area contributed by atoms with Crippen LogP contribution in [0.25, 0.3) is 0 Å². The summed E-state index contributed by atoms with van der Waals surface area (Å²) in [4.78, 5) is 11.6. The third kappa shape index (κ3) is 3.45. The minimum absolute atomic E-state index is 0.124. The number of methoxy groups -OCH3 is 2. The average molecular weight is 297 g/mol. The lowest BCUT2D eigenvalue weighted by Gasteiger charge is -2.31. The van der Waals surface area contributed by atoms with E-state index in [1.54, 1.807) is 7.11 Å². The van der Waals surface area contributed by atoms with E-state index >= 15 is 0 Å². The Balaban J connectivity index is 2.18. The summed E-state index contributed by atoms with van der Waals surface area (Å²) in [6.07, 6.45) is 5.05. The monoisotopic (exact) mass is 296 g/mol. The highest BCUT2D eigenvalue weighted by Gasteiger charge is 2.29. The van der Waals surface area contributed by atoms with Gasteiger partial charge in [0.15, 0.2) is 0 Å². The van der Waals surface area contributed by atoms with Gasteiger partial charge in [0.2, 0.25) is 0 Å². The molecule has 1 aliphatic rings. The number of rotatable bonds is 4. The maximum atomic E-state index is 11.6. The Morgan fingerprint density at radius 2 is 2.05 bits per heavy atom. The van der Waals surface area contributed by atoms with Gasteiger partial charge in [0.05, 0.1) is 19.2 Å². The molecule has 0 heterocycles. The van der Waals surface area contributed by atoms with Crippen molar-refractivity contribution in [3.8, 4) is 5.75 Å². The molecule has 0 bridgehead atoms. The van der Waals surface area contributed by atoms with E-state index in [2.05, 4.69) is 6.07 Å². The van der Waals surface area contributed by atoms with Gasteiger partial charge in [-0.15, -0.1) is 0 Å². The molecule has 20 heavy (non-hydrogen) atoms. The zero-order valence-electron chi connectivity index (χ0n) is 12.0. The molecule has 2 atom stereocenters. The molecule has 4 heteroatoms. The fourth-order valence-corrected chi connectivity index (χ4v) is 3.37. The summed E-state index contributed by atoms with van der Waals surface area (Å²) in [6.45, 7) is 0. The zero-order valence-corrected chi connectivity index (χ0v) is 12.8. The molecule has 0 N–H and O–H groups in total. The van der Waals surface area contributed by atoms with E-state index in [0.717, 1.165) is 12.8 Å². The predicted octanol–water partition coefficient (Wildman–Crippen LogP) is 4.19. The van der Waals surface area contributed by atoms with Crippen LogP contribution in [0.3, 0.4) is 0 Å². The van der Waals surface area contributed by atoms with Gasteiger partial charge in [0.1, 0.15) is 5.75 Å². The van der Waals surface area contributed by atoms with E-state index in [4.69, 9.17) is 21.1 Å². The predicted molar refractivity (Wildman–Crippen MR) is 79.3 cm³/mol. The van der Waals surface area contributed by atoms with Crippen LogP contribution in [0.2, 0.25) is 5.02 Å². The highest BCUT2D eigenvalue weighted by Crippen LogP contribution is 2.41. The van der Waals surface area contributed by atoms with Crippen LogP contribution in [0.1, 0.15) is 43.6 Å². The molecule has 0 spiro atoms. The molecule has 3 nitrogen and oxygen atoms in total. The molecule has 2 rings (SSSR count). The molecule has 1 saturated carbocycles. The van der Waals surface area contributed by atoms with Crippen molar-refractivity contribution >= 4 is 17.6 Å². The molecule has 1 aromatic carbocycles. The number of carbonyl (C=O) groups is 1. The van der Waals surface area contributed by atoms with Crippen molar-refractivity contribution in [3.05, 3.63) is 28.8 Å². The molecule has 0 amide bonds. The van der Waals surface area contributed by atoms with Gasteiger partial charge in [-0.3, -0.25) is 4.79 Å². The Morgan fingerprint density at radius 3 is 2.70 bits per heavy atom. The first-order valence-corrected chi connectivity index (χ1v) is 7.43. The minimum Gasteiger partial charge on any atom is -0.495 e. The van der Waals surface area contributed by atoms with Gasteiger partial charge in [-0.1, -0.05) is 30.5 Å². The Morgan fingerprint density at radius 1 is 1.30 bits per heavy atom. The lowest BCUT2D eigenvalue weighted by atomic mass is 9.74. The maximum absolute atomic E-state index is 11.6. The van der Waals surface area contributed by atoms with E-state index in [0.29, 0.717) is 29.0 Å². The Kier molecular flexibility index (Phi) is 5.30. The molecule has 1 aliphatic carbocycles. The van der Waals surface area contributed by atoms with Gasteiger partial charge in [-0.05, 0) is 42.4 Å². The van der Waals surface area contributed by atoms with Crippen LogP contribution < -0.4 is 4.74 Å². The first-order chi connectivity index (χ1) is 9.65. The largest absolute Gasteiger partial charge is 0.495 e. The highest BCUT2D eigenvalue weighted by molar-refractivity contribution is 6.32. The summed E-state index contributed by atoms with van der Waals surface area (Å²) in [6, 6.07) is 5.94. The zero-order chi connectivity index (χ0) is 14.5. The summed E-state index contributed by atoms with van der Waals surface area (Å²) in [5, 5.41) is 0.632. The van der Waals surface area contributed by atoms with Gasteiger partial charge in [0, 0.05) is 6.42 Å². The van der Waals surface area contributed by atoms with Crippen molar-refractivity contribution < 1.29 is 14.3 Å². The van der Waals surface area contributed by atoms with E-state index in [1.807, 2.05) is 12.1 Å². The number of benzene rings is 1. The van der Waals surface area contributed by atoms with E-state index < -0.39 is 0 Å². The lowest BCUT2D eigenvalue weighted by molar-refractivity contribution is -0.142. The van der Waals surface area contributed by atoms with Gasteiger partial charge >= 0.3 is 5.97 Å². The van der Waals surface area contributed by atoms with Crippen molar-refractivity contribution in [2.45, 2.75) is 38.0 Å². The van der Waals surface area contributed by atoms with Crippen LogP contribution in [0, 0.1) is 5.92 Å². The maximum Gasteiger partial charge on any atom is 0.305 e. The number of halogens is 1. The smallest absolute Gasteiger partial charge is 0.305 e. The SMILES string of the molecule is COC(=O)CC1CCCCC1c1ccc(OC)c(Cl)c1. The summed E-state index contributed by atoms with van der Waals surface area (Å²) in [5.74, 6) is 1.30. The molecule has 2 unspecified atom stereocenters. The van der Waals surface area contributed by atoms with Gasteiger partial charge in [-0.25, -0.2) is 0 Å². The highest BCUT2D eigenvalue weighted by atomic mass is 35.5. The van der Waals surface area contributed by atoms with Crippen molar-refractivity contribution in [1.29, 1.82) is 0 Å². The molecule has 0 aromatic heterocycles. The molecule has 0 saturated heterocycles. The fourth-order valence-electron chi connectivity index (χ4n) is 3.10. The average Bonchev–Trinajstić information content (AvgIpc) is 2.47. The minimum atomic E-state index is -0.124. The summed E-state index contributed by atoms with van der Waals surface area (Å²) in [5.41, 5.74) is 1.20. The number of carbonyl (C=O) groups excluding carboxylic acids is 1. The van der Waals surface area contributed by atoms with Crippen molar-refractivity contribution in [2.75, 3.05) is 14.2 Å². The van der Waals surface area contributed by atoms with Crippen LogP contribution in [0.5, 0.6) is 5.75 Å². The third-order valence-electron chi connectivity index (χ3n) is 4.17. The third-order valence-corrected chi connectivity index (χ3v) is 4.46. The summed E-state index contributed by atoms with van der Waals surface area (Å²) < 4.78 is 10.0. The van der Waals surface area contributed by atoms with E-state index in [-0.39, 0.29) is 5.97 Å². The van der Waals surface area contributed by atoms with Crippen LogP contribution in [-0.2, 0) is 9.53 Å². The Bertz CT molecular complexity index is 473. The van der Waals surface area contributed by atoms with Crippen LogP contribution in [0.4, 0.5) is 0 Å². The number of esters is 1. The second kappa shape index (κ2) is 6.98. The Labute approximate surface area is 125 Å². The first kappa shape index (κ1) is 15.2. The number of ether oxygens (including phenoxy) is 2. The van der Waals surface area contributed by atoms with Crippen LogP contribution in [-0.4, -0.2) is 20.2 Å². The van der Waals surface area contributed by atoms with Crippen molar-refractivity contribution in [1.82, 2.24) is 0 Å². The van der Waals surface area contributed by atoms with Gasteiger partial charge in [0.25, 0.3) is 0 Å². The second-order valence-corrected chi connectivity index (χ2v) is 5.73. The molecular weight excluding hydrogens is 276 g/mol. The van der Waals surface area contributed by atoms with Crippen LogP contribution >= 0.6 is 11.6 Å². The Hall–Kier alpha value is -1.22. The molecule has 1 fully saturated rings. The number of hydrogen-bond acceptors (Lipinski definition) is 3. The molecular formula is C16H21ClO3. The summed E-state index contributed by atoms with van der Waals surface area (Å²) in [7, 11) is 3.06. The molecule has 0 aliphatic heterocycles. The number of hydrogen-bond donors (Lipinski definition) is 0. The van der Waals surface area contributed by atoms with Crippen LogP contribution in [0.15, 0.2) is 18.2 Å². The second-order valence-electron chi connectivity index (χ2n) is 5.33. The normalized spacial score (nSPS) is 22.4. The topological polar surface area (TPSA) is 35.5 Å². The van der Waals surface area contributed by atoms with Crippen molar-refractivity contribution in [2.24, 2.45) is 5.92 Å². The van der Waals surface area contributed by atoms with Gasteiger partial charge < -0.3 is 9.47 Å². The van der Waals surface area contributed by atoms with Crippen molar-refractivity contribution in [3.63, 3.8) is 0 Å². The van der Waals surface area contributed by atoms with E-state index in [1.165, 1.54) is 25.5 Å². The first-order valence-electron chi connectivity index (χ1n) is 7.06. The molecule has 1 aromatic rings. The van der Waals surface area contributed by atoms with E-state index in [9.17, 15) is 4.79 Å². The van der Waals surface area contributed by atoms with Gasteiger partial charge in [-0.2, -0.15) is 0 Å². The fraction of sp³-hybridized carbons (Fsp3) is 0.562. The molecule has 0 radical (unpaired) electrons. The standard InChI is InChI=1S/C16H21ClO3/c1-19-15-8-7-12(9-14(15)17)13-6-4-3-5-11(13)10-16(18)20-2/h7-9,11,13H,3-6,10H2,1-2H3. The summed E-state index contributed by atoms with van der Waals surface area (Å²) >= 11 is 6.21. The quantitative estimate of drug-likeness (QED) is 0.782. The lowest BCUT2D eigenvalue weighted by Crippen LogP contribution is -2.21.